The van der Waals surface area contributed by atoms with Crippen molar-refractivity contribution in [2.75, 3.05) is 0 Å². The Labute approximate surface area is 146 Å². The van der Waals surface area contributed by atoms with Gasteiger partial charge in [0.15, 0.2) is 5.82 Å². The molecule has 0 amide bonds. The van der Waals surface area contributed by atoms with Crippen LogP contribution in [-0.2, 0) is 0 Å². The summed E-state index contributed by atoms with van der Waals surface area (Å²) in [7, 11) is 0. The monoisotopic (exact) mass is 366 g/mol. The summed E-state index contributed by atoms with van der Waals surface area (Å²) in [5.74, 6) is -0.166. The van der Waals surface area contributed by atoms with Crippen molar-refractivity contribution in [1.29, 1.82) is 0 Å². The van der Waals surface area contributed by atoms with Crippen LogP contribution >= 0.6 is 35.4 Å². The lowest BCUT2D eigenvalue weighted by atomic mass is 10.2. The van der Waals surface area contributed by atoms with Crippen LogP contribution in [0, 0.1) is 10.6 Å². The number of hydrogen-bond donors (Lipinski definition) is 1. The second-order valence-corrected chi connectivity index (χ2v) is 5.73. The van der Waals surface area contributed by atoms with E-state index in [4.69, 9.17) is 35.4 Å². The predicted octanol–water partition coefficient (Wildman–Crippen LogP) is 4.94. The van der Waals surface area contributed by atoms with Gasteiger partial charge in [-0.25, -0.2) is 9.49 Å². The molecule has 0 aliphatic heterocycles. The molecule has 23 heavy (non-hydrogen) atoms. The molecular formula is C15H9Cl2FN4S. The van der Waals surface area contributed by atoms with Crippen LogP contribution in [-0.4, -0.2) is 21.1 Å². The van der Waals surface area contributed by atoms with Gasteiger partial charge in [0.1, 0.15) is 5.82 Å². The summed E-state index contributed by atoms with van der Waals surface area (Å²) in [4.78, 5) is 0. The van der Waals surface area contributed by atoms with Crippen molar-refractivity contribution in [3.8, 4) is 11.4 Å². The summed E-state index contributed by atoms with van der Waals surface area (Å²) in [6, 6.07) is 11.4. The van der Waals surface area contributed by atoms with Crippen LogP contribution in [0.25, 0.3) is 11.4 Å². The number of hydrogen-bond acceptors (Lipinski definition) is 3. The molecule has 0 spiro atoms. The van der Waals surface area contributed by atoms with Gasteiger partial charge in [-0.3, -0.25) is 0 Å². The van der Waals surface area contributed by atoms with Gasteiger partial charge in [0.25, 0.3) is 0 Å². The van der Waals surface area contributed by atoms with Crippen molar-refractivity contribution in [2.45, 2.75) is 0 Å². The zero-order chi connectivity index (χ0) is 16.4. The van der Waals surface area contributed by atoms with E-state index in [0.717, 1.165) is 0 Å². The summed E-state index contributed by atoms with van der Waals surface area (Å²) in [5, 5.41) is 11.8. The first-order valence-electron chi connectivity index (χ1n) is 6.48. The van der Waals surface area contributed by atoms with Gasteiger partial charge in [-0.2, -0.15) is 14.9 Å². The van der Waals surface area contributed by atoms with Crippen LogP contribution in [0.2, 0.25) is 10.0 Å². The third-order valence-corrected chi connectivity index (χ3v) is 3.99. The van der Waals surface area contributed by atoms with Gasteiger partial charge in [0.05, 0.1) is 21.8 Å². The van der Waals surface area contributed by atoms with Gasteiger partial charge < -0.3 is 0 Å². The molecule has 0 saturated heterocycles. The van der Waals surface area contributed by atoms with E-state index in [-0.39, 0.29) is 16.2 Å². The van der Waals surface area contributed by atoms with E-state index in [2.05, 4.69) is 15.3 Å². The van der Waals surface area contributed by atoms with Crippen LogP contribution in [0.3, 0.4) is 0 Å². The fourth-order valence-corrected chi connectivity index (χ4v) is 2.64. The van der Waals surface area contributed by atoms with Crippen molar-refractivity contribution in [2.24, 2.45) is 5.10 Å². The maximum atomic E-state index is 14.0. The first-order valence-corrected chi connectivity index (χ1v) is 7.65. The first-order chi connectivity index (χ1) is 11.1. The highest BCUT2D eigenvalue weighted by Crippen LogP contribution is 2.23. The first kappa shape index (κ1) is 15.9. The van der Waals surface area contributed by atoms with Gasteiger partial charge in [-0.15, -0.1) is 0 Å². The highest BCUT2D eigenvalue weighted by molar-refractivity contribution is 7.71. The number of benzene rings is 2. The minimum absolute atomic E-state index is 0.225. The highest BCUT2D eigenvalue weighted by Gasteiger charge is 2.12. The Hall–Kier alpha value is -2.02. The molecule has 4 nitrogen and oxygen atoms in total. The number of rotatable bonds is 3. The third-order valence-electron chi connectivity index (χ3n) is 3.07. The number of aromatic amines is 1. The van der Waals surface area contributed by atoms with Crippen LogP contribution in [0.1, 0.15) is 5.56 Å². The van der Waals surface area contributed by atoms with E-state index in [1.165, 1.54) is 17.0 Å². The molecule has 3 aromatic rings. The SMILES string of the molecule is Fc1ccccc1-c1n[nH]c(=S)n1N=Cc1c(Cl)cccc1Cl. The van der Waals surface area contributed by atoms with Crippen molar-refractivity contribution >= 4 is 41.6 Å². The van der Waals surface area contributed by atoms with Crippen LogP contribution in [0.15, 0.2) is 47.6 Å². The maximum Gasteiger partial charge on any atom is 0.216 e. The molecular weight excluding hydrogens is 358 g/mol. The van der Waals surface area contributed by atoms with E-state index < -0.39 is 5.82 Å². The Kier molecular flexibility index (Phi) is 4.56. The summed E-state index contributed by atoms with van der Waals surface area (Å²) < 4.78 is 15.5. The predicted molar refractivity (Wildman–Crippen MR) is 92.3 cm³/mol. The summed E-state index contributed by atoms with van der Waals surface area (Å²) in [6.07, 6.45) is 1.46. The van der Waals surface area contributed by atoms with Gasteiger partial charge >= 0.3 is 0 Å². The Balaban J connectivity index is 2.09. The molecule has 8 heteroatoms. The average Bonchev–Trinajstić information content (AvgIpc) is 2.88. The molecule has 1 heterocycles. The molecule has 0 atom stereocenters. The lowest BCUT2D eigenvalue weighted by Crippen LogP contribution is -1.97. The molecule has 0 fully saturated rings. The van der Waals surface area contributed by atoms with Crippen LogP contribution < -0.4 is 0 Å². The van der Waals surface area contributed by atoms with Gasteiger partial charge in [0.2, 0.25) is 4.77 Å². The molecule has 0 aliphatic carbocycles. The summed E-state index contributed by atoms with van der Waals surface area (Å²) in [6.45, 7) is 0. The number of aromatic nitrogens is 3. The van der Waals surface area contributed by atoms with Gasteiger partial charge in [-0.05, 0) is 36.5 Å². The zero-order valence-corrected chi connectivity index (χ0v) is 13.8. The average molecular weight is 367 g/mol. The van der Waals surface area contributed by atoms with E-state index in [0.29, 0.717) is 15.6 Å². The molecule has 1 aromatic heterocycles. The number of nitrogens with zero attached hydrogens (tertiary/aromatic N) is 3. The van der Waals surface area contributed by atoms with E-state index in [9.17, 15) is 4.39 Å². The quantitative estimate of drug-likeness (QED) is 0.527. The highest BCUT2D eigenvalue weighted by atomic mass is 35.5. The Morgan fingerprint density at radius 2 is 1.83 bits per heavy atom. The molecule has 0 unspecified atom stereocenters. The molecule has 3 rings (SSSR count). The lowest BCUT2D eigenvalue weighted by Gasteiger charge is -2.03. The molecule has 116 valence electrons. The van der Waals surface area contributed by atoms with Crippen molar-refractivity contribution in [3.05, 3.63) is 68.7 Å². The van der Waals surface area contributed by atoms with E-state index in [1.54, 1.807) is 36.4 Å². The molecule has 0 radical (unpaired) electrons. The number of nitrogens with one attached hydrogen (secondary N) is 1. The van der Waals surface area contributed by atoms with Crippen LogP contribution in [0.5, 0.6) is 0 Å². The molecule has 1 N–H and O–H groups in total. The smallest absolute Gasteiger partial charge is 0.216 e. The van der Waals surface area contributed by atoms with E-state index >= 15 is 0 Å². The third kappa shape index (κ3) is 3.19. The molecule has 2 aromatic carbocycles. The summed E-state index contributed by atoms with van der Waals surface area (Å²) >= 11 is 17.3. The van der Waals surface area contributed by atoms with E-state index in [1.807, 2.05) is 0 Å². The Morgan fingerprint density at radius 3 is 2.52 bits per heavy atom. The topological polar surface area (TPSA) is 46.0 Å². The minimum atomic E-state index is -0.422. The second-order valence-electron chi connectivity index (χ2n) is 4.52. The Bertz CT molecular complexity index is 928. The zero-order valence-electron chi connectivity index (χ0n) is 11.5. The molecule has 0 saturated carbocycles. The van der Waals surface area contributed by atoms with Crippen molar-refractivity contribution in [3.63, 3.8) is 0 Å². The summed E-state index contributed by atoms with van der Waals surface area (Å²) in [5.41, 5.74) is 0.820. The minimum Gasteiger partial charge on any atom is -0.250 e. The molecule has 0 bridgehead atoms. The number of halogens is 3. The molecule has 0 aliphatic rings. The second kappa shape index (κ2) is 6.62. The van der Waals surface area contributed by atoms with Gasteiger partial charge in [-0.1, -0.05) is 41.4 Å². The number of H-pyrrole nitrogens is 1. The normalized spacial score (nSPS) is 11.3. The largest absolute Gasteiger partial charge is 0.250 e. The fourth-order valence-electron chi connectivity index (χ4n) is 1.97. The van der Waals surface area contributed by atoms with Crippen LogP contribution in [0.4, 0.5) is 4.39 Å². The standard InChI is InChI=1S/C15H9Cl2FN4S/c16-11-5-3-6-12(17)10(11)8-19-22-14(20-21-15(22)23)9-4-1-2-7-13(9)18/h1-8H,(H,21,23). The van der Waals surface area contributed by atoms with Crippen molar-refractivity contribution in [1.82, 2.24) is 14.9 Å². The van der Waals surface area contributed by atoms with Gasteiger partial charge in [0, 0.05) is 5.56 Å². The fraction of sp³-hybridized carbons (Fsp3) is 0. The maximum absolute atomic E-state index is 14.0. The lowest BCUT2D eigenvalue weighted by molar-refractivity contribution is 0.628. The Morgan fingerprint density at radius 1 is 1.13 bits per heavy atom. The van der Waals surface area contributed by atoms with Crippen molar-refractivity contribution < 1.29 is 4.39 Å².